The van der Waals surface area contributed by atoms with E-state index in [1.807, 2.05) is 22.6 Å². The summed E-state index contributed by atoms with van der Waals surface area (Å²) in [6.07, 6.45) is 1.23. The number of nitrogens with zero attached hydrogens (tertiary/aromatic N) is 3. The number of nitrogens with one attached hydrogen (secondary N) is 1. The van der Waals surface area contributed by atoms with Crippen molar-refractivity contribution in [3.8, 4) is 0 Å². The summed E-state index contributed by atoms with van der Waals surface area (Å²) in [5, 5.41) is 6.71. The molecular weight excluding hydrogens is 580 g/mol. The molecule has 3 heterocycles. The zero-order valence-electron chi connectivity index (χ0n) is 20.6. The average molecular weight is 611 g/mol. The number of piperidine rings is 1. The van der Waals surface area contributed by atoms with Crippen molar-refractivity contribution in [2.45, 2.75) is 55.7 Å². The van der Waals surface area contributed by atoms with Crippen LogP contribution in [0.1, 0.15) is 49.6 Å². The van der Waals surface area contributed by atoms with Gasteiger partial charge in [0.05, 0.1) is 17.5 Å². The minimum Gasteiger partial charge on any atom is -0.361 e. The predicted molar refractivity (Wildman–Crippen MR) is 138 cm³/mol. The minimum atomic E-state index is -1.12. The number of hydrogen-bond acceptors (Lipinski definition) is 6. The second-order valence-electron chi connectivity index (χ2n) is 10.3. The van der Waals surface area contributed by atoms with Crippen LogP contribution in [-0.2, 0) is 20.9 Å². The third kappa shape index (κ3) is 5.26. The van der Waals surface area contributed by atoms with Crippen LogP contribution in [0.4, 0.5) is 4.39 Å². The lowest BCUT2D eigenvalue weighted by Crippen LogP contribution is -2.57. The van der Waals surface area contributed by atoms with Crippen molar-refractivity contribution in [2.75, 3.05) is 19.6 Å². The van der Waals surface area contributed by atoms with Crippen LogP contribution in [0.3, 0.4) is 0 Å². The number of nitrogens with two attached hydrogens (primary N) is 1. The Bertz CT molecular complexity index is 1150. The van der Waals surface area contributed by atoms with Gasteiger partial charge in [-0.05, 0) is 73.9 Å². The van der Waals surface area contributed by atoms with Gasteiger partial charge in [-0.3, -0.25) is 14.4 Å². The first kappa shape index (κ1) is 26.5. The van der Waals surface area contributed by atoms with Crippen LogP contribution in [0.25, 0.3) is 0 Å². The van der Waals surface area contributed by atoms with E-state index in [0.29, 0.717) is 43.9 Å². The fraction of sp³-hybridized carbons (Fsp3) is 0.520. The smallest absolute Gasteiger partial charge is 0.255 e. The number of rotatable bonds is 6. The molecule has 2 aliphatic rings. The Morgan fingerprint density at radius 1 is 1.36 bits per heavy atom. The van der Waals surface area contributed by atoms with Gasteiger partial charge in [0.25, 0.3) is 5.91 Å². The molecule has 2 saturated heterocycles. The Balaban J connectivity index is 1.61. The molecular formula is C25H31FIN5O4. The molecule has 3 atom stereocenters. The Labute approximate surface area is 223 Å². The second-order valence-corrected chi connectivity index (χ2v) is 11.5. The molecule has 9 nitrogen and oxygen atoms in total. The molecule has 2 unspecified atom stereocenters. The SMILES string of the molecule is Cc1cc(CN2CC(c3ccc(F)cc3)C3(CCCN(C(=O)[C@@H](I)NC(=O)C(C)(C)N)C3)C2=O)no1. The highest BCUT2D eigenvalue weighted by Gasteiger charge is 2.56. The molecule has 1 aromatic carbocycles. The Hall–Kier alpha value is -2.54. The van der Waals surface area contributed by atoms with Gasteiger partial charge in [0.1, 0.15) is 17.3 Å². The first-order valence-electron chi connectivity index (χ1n) is 11.9. The molecule has 11 heteroatoms. The van der Waals surface area contributed by atoms with Gasteiger partial charge in [0.2, 0.25) is 11.8 Å². The maximum Gasteiger partial charge on any atom is 0.255 e. The van der Waals surface area contributed by atoms with E-state index in [4.69, 9.17) is 10.3 Å². The van der Waals surface area contributed by atoms with E-state index in [2.05, 4.69) is 10.5 Å². The van der Waals surface area contributed by atoms with E-state index < -0.39 is 20.9 Å². The van der Waals surface area contributed by atoms with E-state index in [1.54, 1.807) is 48.8 Å². The quantitative estimate of drug-likeness (QED) is 0.294. The number of aryl methyl sites for hydroxylation is 1. The summed E-state index contributed by atoms with van der Waals surface area (Å²) < 4.78 is 18.1. The van der Waals surface area contributed by atoms with Gasteiger partial charge in [-0.2, -0.15) is 0 Å². The monoisotopic (exact) mass is 611 g/mol. The highest BCUT2D eigenvalue weighted by molar-refractivity contribution is 14.1. The zero-order valence-corrected chi connectivity index (χ0v) is 22.7. The molecule has 4 rings (SSSR count). The predicted octanol–water partition coefficient (Wildman–Crippen LogP) is 2.47. The molecule has 3 N–H and O–H groups in total. The van der Waals surface area contributed by atoms with Gasteiger partial charge in [-0.15, -0.1) is 0 Å². The van der Waals surface area contributed by atoms with E-state index in [1.165, 1.54) is 12.1 Å². The van der Waals surface area contributed by atoms with Crippen LogP contribution in [-0.4, -0.2) is 61.9 Å². The molecule has 0 bridgehead atoms. The Morgan fingerprint density at radius 3 is 2.67 bits per heavy atom. The molecule has 2 aliphatic heterocycles. The molecule has 3 amide bonds. The molecule has 2 fully saturated rings. The Morgan fingerprint density at radius 2 is 2.06 bits per heavy atom. The standard InChI is InChI=1S/C25H31FIN5O4/c1-15-11-18(30-36-15)12-32-13-19(16-5-7-17(26)8-6-16)25(23(32)35)9-4-10-31(14-25)21(33)20(27)29-22(34)24(2,3)28/h5-8,11,19-20H,4,9-10,12-14,28H2,1-3H3,(H,29,34)/t19?,20-,25?/m0/s1. The summed E-state index contributed by atoms with van der Waals surface area (Å²) in [5.41, 5.74) is 5.38. The van der Waals surface area contributed by atoms with Crippen LogP contribution >= 0.6 is 22.6 Å². The highest BCUT2D eigenvalue weighted by Crippen LogP contribution is 2.50. The molecule has 0 radical (unpaired) electrons. The normalized spacial score (nSPS) is 23.3. The van der Waals surface area contributed by atoms with Crippen LogP contribution in [0, 0.1) is 18.2 Å². The summed E-state index contributed by atoms with van der Waals surface area (Å²) in [4.78, 5) is 43.0. The third-order valence-corrected chi connectivity index (χ3v) is 7.82. The topological polar surface area (TPSA) is 122 Å². The van der Waals surface area contributed by atoms with Gasteiger partial charge in [0.15, 0.2) is 4.05 Å². The van der Waals surface area contributed by atoms with Crippen LogP contribution in [0.2, 0.25) is 0 Å². The fourth-order valence-corrected chi connectivity index (χ4v) is 5.82. The molecule has 0 aliphatic carbocycles. The van der Waals surface area contributed by atoms with Crippen molar-refractivity contribution in [3.05, 3.63) is 53.2 Å². The molecule has 36 heavy (non-hydrogen) atoms. The van der Waals surface area contributed by atoms with Crippen molar-refractivity contribution in [1.82, 2.24) is 20.3 Å². The lowest BCUT2D eigenvalue weighted by molar-refractivity contribution is -0.145. The largest absolute Gasteiger partial charge is 0.361 e. The molecule has 1 spiro atoms. The maximum absolute atomic E-state index is 14.0. The summed E-state index contributed by atoms with van der Waals surface area (Å²) in [5.74, 6) is -0.697. The Kier molecular flexibility index (Phi) is 7.42. The van der Waals surface area contributed by atoms with E-state index in [0.717, 1.165) is 5.56 Å². The average Bonchev–Trinajstić information content (AvgIpc) is 3.35. The van der Waals surface area contributed by atoms with Crippen LogP contribution in [0.5, 0.6) is 0 Å². The van der Waals surface area contributed by atoms with Crippen molar-refractivity contribution >= 4 is 40.3 Å². The van der Waals surface area contributed by atoms with Crippen molar-refractivity contribution in [3.63, 3.8) is 0 Å². The number of aromatic nitrogens is 1. The number of hydrogen-bond donors (Lipinski definition) is 2. The highest BCUT2D eigenvalue weighted by atomic mass is 127. The number of alkyl halides is 1. The molecule has 2 aromatic rings. The van der Waals surface area contributed by atoms with Crippen molar-refractivity contribution < 1.29 is 23.3 Å². The summed E-state index contributed by atoms with van der Waals surface area (Å²) in [7, 11) is 0. The summed E-state index contributed by atoms with van der Waals surface area (Å²) in [6.45, 7) is 6.34. The number of halogens is 2. The molecule has 194 valence electrons. The molecule has 0 saturated carbocycles. The van der Waals surface area contributed by atoms with E-state index in [9.17, 15) is 18.8 Å². The van der Waals surface area contributed by atoms with Crippen LogP contribution in [0.15, 0.2) is 34.9 Å². The van der Waals surface area contributed by atoms with Gasteiger partial charge in [0, 0.05) is 31.6 Å². The molecule has 1 aromatic heterocycles. The number of benzene rings is 1. The van der Waals surface area contributed by atoms with Gasteiger partial charge >= 0.3 is 0 Å². The fourth-order valence-electron chi connectivity index (χ4n) is 5.14. The van der Waals surface area contributed by atoms with Gasteiger partial charge in [-0.1, -0.05) is 17.3 Å². The summed E-state index contributed by atoms with van der Waals surface area (Å²) >= 11 is 1.89. The summed E-state index contributed by atoms with van der Waals surface area (Å²) in [6, 6.07) is 8.01. The lowest BCUT2D eigenvalue weighted by atomic mass is 9.69. The maximum atomic E-state index is 14.0. The second kappa shape index (κ2) is 10.1. The third-order valence-electron chi connectivity index (χ3n) is 6.98. The van der Waals surface area contributed by atoms with E-state index >= 15 is 0 Å². The minimum absolute atomic E-state index is 0.0629. The van der Waals surface area contributed by atoms with Crippen molar-refractivity contribution in [2.24, 2.45) is 11.1 Å². The lowest BCUT2D eigenvalue weighted by Gasteiger charge is -2.43. The number of carbonyl (C=O) groups is 3. The van der Waals surface area contributed by atoms with Crippen LogP contribution < -0.4 is 11.1 Å². The van der Waals surface area contributed by atoms with Gasteiger partial charge in [-0.25, -0.2) is 4.39 Å². The van der Waals surface area contributed by atoms with E-state index in [-0.39, 0.29) is 30.1 Å². The van der Waals surface area contributed by atoms with Crippen molar-refractivity contribution in [1.29, 1.82) is 0 Å². The van der Waals surface area contributed by atoms with Gasteiger partial charge < -0.3 is 25.4 Å². The first-order valence-corrected chi connectivity index (χ1v) is 13.1. The number of carbonyl (C=O) groups excluding carboxylic acids is 3. The first-order chi connectivity index (χ1) is 16.9. The zero-order chi connectivity index (χ0) is 26.3. The number of amides is 3. The number of likely N-dealkylation sites (tertiary alicyclic amines) is 2.